The summed E-state index contributed by atoms with van der Waals surface area (Å²) >= 11 is 0. The lowest BCUT2D eigenvalue weighted by molar-refractivity contribution is 0.00563. The first-order valence-electron chi connectivity index (χ1n) is 7.35. The van der Waals surface area contributed by atoms with Crippen LogP contribution in [0.4, 0.5) is 17.6 Å². The quantitative estimate of drug-likeness (QED) is 0.678. The minimum Gasteiger partial charge on any atom is -0.206 e. The van der Waals surface area contributed by atoms with Gasteiger partial charge in [0.05, 0.1) is 11.6 Å². The second kappa shape index (κ2) is 4.75. The van der Waals surface area contributed by atoms with E-state index in [2.05, 4.69) is 15.3 Å². The summed E-state index contributed by atoms with van der Waals surface area (Å²) in [6, 6.07) is 9.72. The number of alkyl halides is 4. The van der Waals surface area contributed by atoms with Crippen molar-refractivity contribution in [2.45, 2.75) is 31.1 Å². The lowest BCUT2D eigenvalue weighted by atomic mass is 10.1. The van der Waals surface area contributed by atoms with E-state index in [4.69, 9.17) is 0 Å². The zero-order valence-electron chi connectivity index (χ0n) is 12.5. The van der Waals surface area contributed by atoms with E-state index >= 15 is 0 Å². The van der Waals surface area contributed by atoms with Gasteiger partial charge in [-0.15, -0.1) is 10.2 Å². The minimum atomic E-state index is -3.17. The van der Waals surface area contributed by atoms with Crippen LogP contribution in [0.25, 0.3) is 16.9 Å². The van der Waals surface area contributed by atoms with E-state index < -0.39 is 23.6 Å². The molecule has 0 aliphatic heterocycles. The number of hydrogen-bond donors (Lipinski definition) is 0. The van der Waals surface area contributed by atoms with E-state index in [0.717, 1.165) is 11.4 Å². The second-order valence-corrected chi connectivity index (χ2v) is 6.04. The van der Waals surface area contributed by atoms with E-state index in [1.54, 1.807) is 30.3 Å². The Morgan fingerprint density at radius 3 is 2.33 bits per heavy atom. The highest BCUT2D eigenvalue weighted by Gasteiger charge is 2.57. The van der Waals surface area contributed by atoms with Crippen molar-refractivity contribution in [1.82, 2.24) is 19.8 Å². The van der Waals surface area contributed by atoms with Crippen molar-refractivity contribution in [3.8, 4) is 11.3 Å². The molecular weight excluding hydrogens is 324 g/mol. The number of fused-ring (bicyclic) bond motifs is 1. The molecule has 1 saturated carbocycles. The van der Waals surface area contributed by atoms with E-state index in [9.17, 15) is 17.6 Å². The van der Waals surface area contributed by atoms with Crippen LogP contribution in [0.3, 0.4) is 0 Å². The zero-order chi connectivity index (χ0) is 17.1. The molecule has 1 aliphatic rings. The van der Waals surface area contributed by atoms with Crippen molar-refractivity contribution in [3.05, 3.63) is 47.8 Å². The number of rotatable bonds is 3. The lowest BCUT2D eigenvalue weighted by Crippen LogP contribution is -2.14. The van der Waals surface area contributed by atoms with E-state index in [1.165, 1.54) is 6.07 Å². The first kappa shape index (κ1) is 15.0. The van der Waals surface area contributed by atoms with Gasteiger partial charge in [0, 0.05) is 18.9 Å². The van der Waals surface area contributed by atoms with Crippen LogP contribution in [0.1, 0.15) is 30.7 Å². The van der Waals surface area contributed by atoms with Gasteiger partial charge >= 0.3 is 5.92 Å². The monoisotopic (exact) mass is 336 g/mol. The third-order valence-electron chi connectivity index (χ3n) is 4.09. The highest BCUT2D eigenvalue weighted by Crippen LogP contribution is 2.55. The normalized spacial score (nSPS) is 19.6. The molecule has 3 aromatic rings. The summed E-state index contributed by atoms with van der Waals surface area (Å²) in [5.41, 5.74) is 1.85. The summed E-state index contributed by atoms with van der Waals surface area (Å²) in [5.74, 6) is -7.08. The van der Waals surface area contributed by atoms with Gasteiger partial charge in [-0.05, 0) is 17.7 Å². The molecule has 2 aromatic heterocycles. The highest BCUT2D eigenvalue weighted by atomic mass is 19.3. The summed E-state index contributed by atoms with van der Waals surface area (Å²) in [4.78, 5) is 0. The van der Waals surface area contributed by atoms with Crippen LogP contribution >= 0.6 is 0 Å². The van der Waals surface area contributed by atoms with Crippen LogP contribution < -0.4 is 0 Å². The fourth-order valence-electron chi connectivity index (χ4n) is 2.68. The Hall–Kier alpha value is -2.51. The number of halogens is 4. The van der Waals surface area contributed by atoms with Gasteiger partial charge in [-0.3, -0.25) is 0 Å². The average Bonchev–Trinajstić information content (AvgIpc) is 2.96. The van der Waals surface area contributed by atoms with Crippen LogP contribution in [0.5, 0.6) is 0 Å². The molecule has 4 rings (SSSR count). The predicted octanol–water partition coefficient (Wildman–Crippen LogP) is 4.03. The maximum absolute atomic E-state index is 13.5. The Morgan fingerprint density at radius 2 is 1.75 bits per heavy atom. The van der Waals surface area contributed by atoms with Gasteiger partial charge in [0.15, 0.2) is 5.65 Å². The number of aromatic nitrogens is 4. The zero-order valence-corrected chi connectivity index (χ0v) is 12.5. The summed E-state index contributed by atoms with van der Waals surface area (Å²) in [5, 5.41) is 11.3. The first-order chi connectivity index (χ1) is 11.3. The predicted molar refractivity (Wildman–Crippen MR) is 78.1 cm³/mol. The van der Waals surface area contributed by atoms with E-state index in [-0.39, 0.29) is 12.1 Å². The Morgan fingerprint density at radius 1 is 1.08 bits per heavy atom. The molecule has 8 heteroatoms. The summed E-state index contributed by atoms with van der Waals surface area (Å²) < 4.78 is 54.3. The van der Waals surface area contributed by atoms with Crippen molar-refractivity contribution in [1.29, 1.82) is 0 Å². The smallest absolute Gasteiger partial charge is 0.206 e. The molecule has 1 aromatic carbocycles. The average molecular weight is 336 g/mol. The lowest BCUT2D eigenvalue weighted by Gasteiger charge is -2.08. The van der Waals surface area contributed by atoms with E-state index in [1.807, 2.05) is 0 Å². The summed E-state index contributed by atoms with van der Waals surface area (Å²) in [6.45, 7) is 0.725. The van der Waals surface area contributed by atoms with Gasteiger partial charge in [0.25, 0.3) is 5.92 Å². The fourth-order valence-corrected chi connectivity index (χ4v) is 2.68. The number of hydrogen-bond acceptors (Lipinski definition) is 3. The molecule has 4 nitrogen and oxygen atoms in total. The Labute approximate surface area is 134 Å². The van der Waals surface area contributed by atoms with Crippen molar-refractivity contribution >= 4 is 5.65 Å². The molecule has 0 unspecified atom stereocenters. The van der Waals surface area contributed by atoms with Crippen LogP contribution in [-0.2, 0) is 5.92 Å². The fraction of sp³-hybridized carbons (Fsp3) is 0.312. The Balaban J connectivity index is 1.71. The SMILES string of the molecule is CC(F)(F)c1nnc2ccc(-c3ccc([C@@H]4CC4(F)F)cc3)nn12. The molecule has 0 bridgehead atoms. The van der Waals surface area contributed by atoms with E-state index in [0.29, 0.717) is 16.8 Å². The second-order valence-electron chi connectivity index (χ2n) is 6.04. The largest absolute Gasteiger partial charge is 0.305 e. The maximum atomic E-state index is 13.5. The van der Waals surface area contributed by atoms with Gasteiger partial charge in [-0.25, -0.2) is 8.78 Å². The molecular formula is C16H12F4N4. The molecule has 1 aliphatic carbocycles. The van der Waals surface area contributed by atoms with Gasteiger partial charge in [-0.2, -0.15) is 18.4 Å². The topological polar surface area (TPSA) is 43.1 Å². The summed E-state index contributed by atoms with van der Waals surface area (Å²) in [7, 11) is 0. The molecule has 2 heterocycles. The molecule has 0 radical (unpaired) electrons. The van der Waals surface area contributed by atoms with Gasteiger partial charge < -0.3 is 0 Å². The van der Waals surface area contributed by atoms with Crippen LogP contribution in [0.15, 0.2) is 36.4 Å². The summed E-state index contributed by atoms with van der Waals surface area (Å²) in [6.07, 6.45) is -0.133. The molecule has 124 valence electrons. The Bertz CT molecular complexity index is 912. The van der Waals surface area contributed by atoms with Crippen molar-refractivity contribution < 1.29 is 17.6 Å². The molecule has 0 saturated heterocycles. The molecule has 0 amide bonds. The third-order valence-corrected chi connectivity index (χ3v) is 4.09. The number of benzene rings is 1. The van der Waals surface area contributed by atoms with Gasteiger partial charge in [-0.1, -0.05) is 24.3 Å². The highest BCUT2D eigenvalue weighted by molar-refractivity contribution is 5.61. The van der Waals surface area contributed by atoms with Gasteiger partial charge in [0.1, 0.15) is 0 Å². The van der Waals surface area contributed by atoms with Crippen LogP contribution in [0, 0.1) is 0 Å². The van der Waals surface area contributed by atoms with Crippen molar-refractivity contribution in [2.24, 2.45) is 0 Å². The van der Waals surface area contributed by atoms with Gasteiger partial charge in [0.2, 0.25) is 5.82 Å². The van der Waals surface area contributed by atoms with Crippen molar-refractivity contribution in [2.75, 3.05) is 0 Å². The third kappa shape index (κ3) is 2.42. The standard InChI is InChI=1S/C16H12F4N4/c1-15(17,18)14-22-21-13-7-6-12(23-24(13)14)10-4-2-9(3-5-10)11-8-16(11,19)20/h2-7,11H,8H2,1H3/t11-/m0/s1. The Kier molecular flexibility index (Phi) is 2.98. The molecule has 0 spiro atoms. The number of nitrogens with zero attached hydrogens (tertiary/aromatic N) is 4. The molecule has 0 N–H and O–H groups in total. The molecule has 1 fully saturated rings. The van der Waals surface area contributed by atoms with Crippen molar-refractivity contribution in [3.63, 3.8) is 0 Å². The first-order valence-corrected chi connectivity index (χ1v) is 7.35. The minimum absolute atomic E-state index is 0.133. The molecule has 24 heavy (non-hydrogen) atoms. The maximum Gasteiger partial charge on any atom is 0.305 e. The van der Waals surface area contributed by atoms with Crippen LogP contribution in [-0.4, -0.2) is 25.7 Å². The van der Waals surface area contributed by atoms with Crippen LogP contribution in [0.2, 0.25) is 0 Å². The molecule has 1 atom stereocenters.